The first kappa shape index (κ1) is 66.8. The van der Waals surface area contributed by atoms with Crippen LogP contribution in [0, 0.1) is 5.92 Å². The number of carbonyl (C=O) groups is 8. The van der Waals surface area contributed by atoms with Gasteiger partial charge in [-0.3, -0.25) is 48.5 Å². The lowest BCUT2D eigenvalue weighted by atomic mass is 9.92. The summed E-state index contributed by atoms with van der Waals surface area (Å²) < 4.78 is 22.9. The van der Waals surface area contributed by atoms with E-state index in [1.165, 1.54) is 6.92 Å². The number of nitrogens with zero attached hydrogens (tertiary/aromatic N) is 2. The number of benzene rings is 1. The van der Waals surface area contributed by atoms with Crippen LogP contribution < -0.4 is 20.7 Å². The minimum Gasteiger partial charge on any atom is -0.423 e. The summed E-state index contributed by atoms with van der Waals surface area (Å²) in [5, 5.41) is 30.2. The lowest BCUT2D eigenvalue weighted by Gasteiger charge is -2.29. The molecule has 0 saturated heterocycles. The number of carbonyl (C=O) groups excluding carboxylic acids is 8. The Morgan fingerprint density at radius 3 is 1.74 bits per heavy atom. The van der Waals surface area contributed by atoms with E-state index in [4.69, 9.17) is 42.1 Å². The minimum absolute atomic E-state index is 0.0379. The first-order valence-corrected chi connectivity index (χ1v) is 26.6. The molecule has 0 aliphatic heterocycles. The number of halogens is 2. The fourth-order valence-corrected chi connectivity index (χ4v) is 7.55. The molecule has 0 fully saturated rings. The molecule has 0 bridgehead atoms. The number of amides is 6. The molecule has 0 aliphatic carbocycles. The van der Waals surface area contributed by atoms with Gasteiger partial charge in [0.25, 0.3) is 0 Å². The van der Waals surface area contributed by atoms with Crippen molar-refractivity contribution in [3.05, 3.63) is 28.2 Å². The van der Waals surface area contributed by atoms with Gasteiger partial charge in [0.05, 0.1) is 53.6 Å². The molecule has 21 heteroatoms. The SMILES string of the molecule is CC(=O)N(C=O)CCCCCNC(=O)CCC(=O)C(C)C(O)CCCCCCNC(=O)CCC(=O)N(O)CCCCCNC(=O)CCOC(C)(C)CCOC(C)(C)CCOCCC(=O)Oc1c(Cl)cccc1Cl. The molecule has 73 heavy (non-hydrogen) atoms. The van der Waals surface area contributed by atoms with E-state index in [1.54, 1.807) is 25.1 Å². The highest BCUT2D eigenvalue weighted by Gasteiger charge is 2.24. The van der Waals surface area contributed by atoms with Crippen molar-refractivity contribution in [2.45, 2.75) is 181 Å². The number of esters is 1. The Bertz CT molecular complexity index is 1820. The highest BCUT2D eigenvalue weighted by Crippen LogP contribution is 2.32. The first-order chi connectivity index (χ1) is 34.6. The van der Waals surface area contributed by atoms with Crippen LogP contribution in [-0.2, 0) is 52.6 Å². The van der Waals surface area contributed by atoms with E-state index in [1.807, 2.05) is 27.7 Å². The van der Waals surface area contributed by atoms with Crippen molar-refractivity contribution >= 4 is 70.9 Å². The molecule has 0 aliphatic rings. The molecule has 1 aromatic rings. The fraction of sp³-hybridized carbons (Fsp3) is 0.731. The fourth-order valence-electron chi connectivity index (χ4n) is 7.07. The van der Waals surface area contributed by atoms with Crippen LogP contribution in [0.5, 0.6) is 5.75 Å². The number of aliphatic hydroxyl groups excluding tert-OH is 1. The summed E-state index contributed by atoms with van der Waals surface area (Å²) in [5.74, 6) is -2.66. The number of hydrogen-bond donors (Lipinski definition) is 5. The molecule has 2 atom stereocenters. The van der Waals surface area contributed by atoms with Gasteiger partial charge in [-0.25, -0.2) is 5.06 Å². The molecule has 19 nitrogen and oxygen atoms in total. The monoisotopic (exact) mass is 1070 g/mol. The van der Waals surface area contributed by atoms with Crippen molar-refractivity contribution in [2.24, 2.45) is 5.92 Å². The van der Waals surface area contributed by atoms with Gasteiger partial charge in [-0.1, -0.05) is 55.5 Å². The largest absolute Gasteiger partial charge is 0.423 e. The summed E-state index contributed by atoms with van der Waals surface area (Å²) in [6.45, 7) is 13.8. The predicted molar refractivity (Wildman–Crippen MR) is 277 cm³/mol. The number of ketones is 1. The number of hydrogen-bond acceptors (Lipinski definition) is 14. The van der Waals surface area contributed by atoms with Crippen molar-refractivity contribution in [2.75, 3.05) is 59.2 Å². The van der Waals surface area contributed by atoms with Crippen molar-refractivity contribution in [3.63, 3.8) is 0 Å². The van der Waals surface area contributed by atoms with Crippen molar-refractivity contribution in [1.82, 2.24) is 25.9 Å². The number of aliphatic hydroxyl groups is 1. The standard InChI is InChI=1S/C52H85Cl2N5O14/c1-39(44(63)21-22-45(64)55-30-13-9-15-32-58(38-60)40(2)61)43(62)20-11-7-8-12-29-56-46(65)23-24-48(67)59(69)33-16-10-14-31-57-47(66)25-35-71-52(5,6)28-37-72-51(3,4)27-36-70-34-26-49(68)73-50-41(53)18-17-19-42(50)54/h17-19,38-39,43,62,69H,7-16,20-37H2,1-6H3,(H,55,64)(H,56,65)(H,57,66). The average Bonchev–Trinajstić information content (AvgIpc) is 3.33. The van der Waals surface area contributed by atoms with Crippen molar-refractivity contribution in [3.8, 4) is 5.75 Å². The van der Waals surface area contributed by atoms with Gasteiger partial charge in [0, 0.05) is 84.3 Å². The number of hydroxylamine groups is 2. The van der Waals surface area contributed by atoms with Crippen LogP contribution >= 0.6 is 23.2 Å². The normalized spacial score (nSPS) is 12.4. The van der Waals surface area contributed by atoms with Gasteiger partial charge in [-0.05, 0) is 104 Å². The van der Waals surface area contributed by atoms with Crippen LogP contribution in [0.2, 0.25) is 10.0 Å². The van der Waals surface area contributed by atoms with Crippen molar-refractivity contribution in [1.29, 1.82) is 0 Å². The lowest BCUT2D eigenvalue weighted by molar-refractivity contribution is -0.166. The van der Waals surface area contributed by atoms with E-state index in [9.17, 15) is 48.7 Å². The van der Waals surface area contributed by atoms with Gasteiger partial charge in [-0.15, -0.1) is 0 Å². The third-order valence-electron chi connectivity index (χ3n) is 12.0. The lowest BCUT2D eigenvalue weighted by Crippen LogP contribution is -2.33. The quantitative estimate of drug-likeness (QED) is 0.0110. The smallest absolute Gasteiger partial charge is 0.313 e. The second kappa shape index (κ2) is 38.3. The third kappa shape index (κ3) is 33.3. The van der Waals surface area contributed by atoms with Crippen LogP contribution in [0.25, 0.3) is 0 Å². The Morgan fingerprint density at radius 2 is 1.16 bits per heavy atom. The van der Waals surface area contributed by atoms with Gasteiger partial charge < -0.3 is 40.0 Å². The van der Waals surface area contributed by atoms with E-state index >= 15 is 0 Å². The Labute approximate surface area is 442 Å². The second-order valence-corrected chi connectivity index (χ2v) is 20.2. The Kier molecular flexibility index (Phi) is 35.1. The number of imide groups is 1. The zero-order valence-corrected chi connectivity index (χ0v) is 45.7. The molecule has 416 valence electrons. The number of rotatable bonds is 43. The Hall–Kier alpha value is -4.24. The molecular weight excluding hydrogens is 989 g/mol. The average molecular weight is 1080 g/mol. The highest BCUT2D eigenvalue weighted by molar-refractivity contribution is 6.37. The molecule has 0 spiro atoms. The summed E-state index contributed by atoms with van der Waals surface area (Å²) in [5.41, 5.74) is -0.994. The molecule has 0 heterocycles. The summed E-state index contributed by atoms with van der Waals surface area (Å²) in [6, 6.07) is 4.83. The number of unbranched alkanes of at least 4 members (excludes halogenated alkanes) is 7. The molecule has 1 aromatic carbocycles. The van der Waals surface area contributed by atoms with Gasteiger partial charge in [0.2, 0.25) is 35.9 Å². The van der Waals surface area contributed by atoms with Gasteiger partial charge in [-0.2, -0.15) is 0 Å². The Balaban J connectivity index is 2.05. The highest BCUT2D eigenvalue weighted by atomic mass is 35.5. The summed E-state index contributed by atoms with van der Waals surface area (Å²) >= 11 is 12.1. The second-order valence-electron chi connectivity index (χ2n) is 19.4. The summed E-state index contributed by atoms with van der Waals surface area (Å²) in [7, 11) is 0. The van der Waals surface area contributed by atoms with Crippen LogP contribution in [0.1, 0.15) is 164 Å². The van der Waals surface area contributed by atoms with Gasteiger partial charge in [0.1, 0.15) is 5.78 Å². The zero-order valence-electron chi connectivity index (χ0n) is 44.2. The van der Waals surface area contributed by atoms with E-state index in [0.29, 0.717) is 115 Å². The molecule has 2 unspecified atom stereocenters. The molecule has 0 aromatic heterocycles. The minimum atomic E-state index is -0.814. The summed E-state index contributed by atoms with van der Waals surface area (Å²) in [4.78, 5) is 97.0. The molecule has 6 amide bonds. The molecular formula is C52H85Cl2N5O14. The maximum atomic E-state index is 12.6. The third-order valence-corrected chi connectivity index (χ3v) is 12.6. The summed E-state index contributed by atoms with van der Waals surface area (Å²) in [6.07, 6.45) is 8.37. The van der Waals surface area contributed by atoms with Gasteiger partial charge in [0.15, 0.2) is 5.75 Å². The molecule has 1 rings (SSSR count). The number of Topliss-reactive ketones (excluding diaryl/α,β-unsaturated/α-hetero) is 1. The molecule has 0 saturated carbocycles. The number of ether oxygens (including phenoxy) is 4. The molecule has 0 radical (unpaired) electrons. The van der Waals surface area contributed by atoms with E-state index in [2.05, 4.69) is 16.0 Å². The Morgan fingerprint density at radius 1 is 0.658 bits per heavy atom. The van der Waals surface area contributed by atoms with Crippen molar-refractivity contribution < 1.29 is 67.6 Å². The van der Waals surface area contributed by atoms with Crippen LogP contribution in [-0.4, -0.2) is 144 Å². The van der Waals surface area contributed by atoms with Crippen LogP contribution in [0.15, 0.2) is 18.2 Å². The van der Waals surface area contributed by atoms with Crippen LogP contribution in [0.3, 0.4) is 0 Å². The first-order valence-electron chi connectivity index (χ1n) is 25.8. The zero-order chi connectivity index (χ0) is 54.7. The number of para-hydroxylation sites is 1. The molecule has 5 N–H and O–H groups in total. The van der Waals surface area contributed by atoms with E-state index < -0.39 is 35.1 Å². The predicted octanol–water partition coefficient (Wildman–Crippen LogP) is 7.06. The number of nitrogens with one attached hydrogen (secondary N) is 3. The van der Waals surface area contributed by atoms with E-state index in [-0.39, 0.29) is 103 Å². The van der Waals surface area contributed by atoms with Crippen LogP contribution in [0.4, 0.5) is 0 Å². The maximum Gasteiger partial charge on any atom is 0.313 e. The maximum absolute atomic E-state index is 12.6. The topological polar surface area (TPSA) is 257 Å². The van der Waals surface area contributed by atoms with E-state index in [0.717, 1.165) is 24.2 Å². The van der Waals surface area contributed by atoms with Gasteiger partial charge >= 0.3 is 5.97 Å².